The molecule has 2 aliphatic heterocycles. The van der Waals surface area contributed by atoms with E-state index < -0.39 is 5.97 Å². The molecule has 2 saturated heterocycles. The number of carbonyl (C=O) groups is 2. The maximum atomic E-state index is 12.4. The average molecular weight is 305 g/mol. The molecule has 0 saturated carbocycles. The Balaban J connectivity index is 1.61. The quantitative estimate of drug-likeness (QED) is 0.869. The summed E-state index contributed by atoms with van der Waals surface area (Å²) in [5.41, 5.74) is 1.20. The van der Waals surface area contributed by atoms with E-state index in [9.17, 15) is 14.7 Å². The molecule has 3 unspecified atom stereocenters. The molecule has 2 heterocycles. The van der Waals surface area contributed by atoms with Gasteiger partial charge in [0.15, 0.2) is 0 Å². The van der Waals surface area contributed by atoms with Gasteiger partial charge in [-0.3, -0.25) is 9.59 Å². The smallest absolute Gasteiger partial charge is 0.308 e. The number of aryl methyl sites for hydroxylation is 1. The van der Waals surface area contributed by atoms with Gasteiger partial charge in [-0.2, -0.15) is 0 Å². The standard InChI is InChI=1S/C16H19NO3S/c1-10-2-5-12(6-3-10)21-9-15(18)17-11-4-7-14(17)13(8-11)16(19)20/h2-3,5-6,11,13-14H,4,7-9H2,1H3,(H,19,20). The van der Waals surface area contributed by atoms with Gasteiger partial charge in [-0.05, 0) is 38.3 Å². The van der Waals surface area contributed by atoms with Gasteiger partial charge < -0.3 is 10.0 Å². The number of thioether (sulfide) groups is 1. The minimum atomic E-state index is -0.758. The van der Waals surface area contributed by atoms with Crippen LogP contribution in [0.3, 0.4) is 0 Å². The number of rotatable bonds is 4. The van der Waals surface area contributed by atoms with E-state index >= 15 is 0 Å². The average Bonchev–Trinajstić information content (AvgIpc) is 3.04. The highest BCUT2D eigenvalue weighted by atomic mass is 32.2. The van der Waals surface area contributed by atoms with E-state index in [1.165, 1.54) is 17.3 Å². The van der Waals surface area contributed by atoms with Crippen LogP contribution >= 0.6 is 11.8 Å². The molecule has 0 aromatic heterocycles. The van der Waals surface area contributed by atoms with Gasteiger partial charge >= 0.3 is 5.97 Å². The maximum absolute atomic E-state index is 12.4. The van der Waals surface area contributed by atoms with Crippen LogP contribution in [0.15, 0.2) is 29.2 Å². The van der Waals surface area contributed by atoms with Crippen LogP contribution in [0, 0.1) is 12.8 Å². The molecule has 1 N–H and O–H groups in total. The summed E-state index contributed by atoms with van der Waals surface area (Å²) in [5.74, 6) is -0.650. The Labute approximate surface area is 128 Å². The summed E-state index contributed by atoms with van der Waals surface area (Å²) < 4.78 is 0. The molecule has 3 atom stereocenters. The molecule has 5 heteroatoms. The van der Waals surface area contributed by atoms with Gasteiger partial charge in [0.25, 0.3) is 0 Å². The lowest BCUT2D eigenvalue weighted by atomic mass is 9.89. The number of aliphatic carboxylic acids is 1. The van der Waals surface area contributed by atoms with Crippen molar-refractivity contribution in [3.63, 3.8) is 0 Å². The molecule has 2 bridgehead atoms. The van der Waals surface area contributed by atoms with Crippen molar-refractivity contribution in [2.45, 2.75) is 43.2 Å². The van der Waals surface area contributed by atoms with Crippen LogP contribution in [-0.4, -0.2) is 39.7 Å². The fraction of sp³-hybridized carbons (Fsp3) is 0.500. The Kier molecular flexibility index (Phi) is 3.93. The van der Waals surface area contributed by atoms with Gasteiger partial charge in [0, 0.05) is 17.0 Å². The van der Waals surface area contributed by atoms with E-state index in [0.29, 0.717) is 12.2 Å². The third-order valence-corrected chi connectivity index (χ3v) is 5.52. The van der Waals surface area contributed by atoms with Crippen molar-refractivity contribution in [1.82, 2.24) is 4.90 Å². The van der Waals surface area contributed by atoms with Crippen LogP contribution in [0.25, 0.3) is 0 Å². The number of hydrogen-bond acceptors (Lipinski definition) is 3. The Morgan fingerprint density at radius 2 is 2.00 bits per heavy atom. The van der Waals surface area contributed by atoms with E-state index in [2.05, 4.69) is 0 Å². The zero-order valence-corrected chi connectivity index (χ0v) is 12.8. The Hall–Kier alpha value is -1.49. The van der Waals surface area contributed by atoms with Crippen molar-refractivity contribution in [2.75, 3.05) is 5.75 Å². The zero-order valence-electron chi connectivity index (χ0n) is 12.0. The molecule has 1 amide bonds. The van der Waals surface area contributed by atoms with Crippen molar-refractivity contribution in [2.24, 2.45) is 5.92 Å². The van der Waals surface area contributed by atoms with Crippen molar-refractivity contribution >= 4 is 23.6 Å². The molecule has 0 spiro atoms. The fourth-order valence-corrected chi connectivity index (χ4v) is 4.26. The molecular weight excluding hydrogens is 286 g/mol. The van der Waals surface area contributed by atoms with Gasteiger partial charge in [-0.15, -0.1) is 11.8 Å². The highest BCUT2D eigenvalue weighted by molar-refractivity contribution is 8.00. The second-order valence-electron chi connectivity index (χ2n) is 5.88. The molecule has 4 nitrogen and oxygen atoms in total. The second-order valence-corrected chi connectivity index (χ2v) is 6.93. The summed E-state index contributed by atoms with van der Waals surface area (Å²) in [5, 5.41) is 9.23. The van der Waals surface area contributed by atoms with Crippen LogP contribution in [-0.2, 0) is 9.59 Å². The number of nitrogens with zero attached hydrogens (tertiary/aromatic N) is 1. The lowest BCUT2D eigenvalue weighted by Crippen LogP contribution is -2.38. The predicted octanol–water partition coefficient (Wildman–Crippen LogP) is 2.55. The van der Waals surface area contributed by atoms with Gasteiger partial charge in [0.1, 0.15) is 0 Å². The zero-order chi connectivity index (χ0) is 15.0. The second kappa shape index (κ2) is 5.72. The van der Waals surface area contributed by atoms with Gasteiger partial charge in [-0.25, -0.2) is 0 Å². The molecule has 1 aromatic carbocycles. The summed E-state index contributed by atoms with van der Waals surface area (Å²) in [7, 11) is 0. The Bertz CT molecular complexity index is 557. The molecule has 0 radical (unpaired) electrons. The maximum Gasteiger partial charge on any atom is 0.308 e. The van der Waals surface area contributed by atoms with Crippen LogP contribution in [0.5, 0.6) is 0 Å². The van der Waals surface area contributed by atoms with Gasteiger partial charge in [0.05, 0.1) is 11.7 Å². The first-order valence-electron chi connectivity index (χ1n) is 7.29. The van der Waals surface area contributed by atoms with Crippen molar-refractivity contribution in [1.29, 1.82) is 0 Å². The first kappa shape index (κ1) is 14.4. The lowest BCUT2D eigenvalue weighted by Gasteiger charge is -2.23. The SMILES string of the molecule is Cc1ccc(SCC(=O)N2C3CCC2C(C(=O)O)C3)cc1. The molecule has 3 rings (SSSR count). The number of carboxylic acids is 1. The third kappa shape index (κ3) is 2.79. The first-order valence-corrected chi connectivity index (χ1v) is 8.28. The number of carboxylic acid groups (broad SMARTS) is 1. The minimum Gasteiger partial charge on any atom is -0.481 e. The van der Waals surface area contributed by atoms with Crippen LogP contribution in [0.1, 0.15) is 24.8 Å². The highest BCUT2D eigenvalue weighted by Crippen LogP contribution is 2.42. The molecule has 2 fully saturated rings. The molecule has 112 valence electrons. The molecule has 2 aliphatic rings. The molecule has 1 aromatic rings. The van der Waals surface area contributed by atoms with E-state index in [1.54, 1.807) is 0 Å². The molecule has 0 aliphatic carbocycles. The number of benzene rings is 1. The van der Waals surface area contributed by atoms with Gasteiger partial charge in [0.2, 0.25) is 5.91 Å². The number of carbonyl (C=O) groups excluding carboxylic acids is 1. The van der Waals surface area contributed by atoms with Crippen molar-refractivity contribution in [3.05, 3.63) is 29.8 Å². The van der Waals surface area contributed by atoms with Gasteiger partial charge in [-0.1, -0.05) is 17.7 Å². The third-order valence-electron chi connectivity index (χ3n) is 4.53. The fourth-order valence-electron chi connectivity index (χ4n) is 3.50. The predicted molar refractivity (Wildman–Crippen MR) is 81.3 cm³/mol. The Morgan fingerprint density at radius 3 is 2.62 bits per heavy atom. The summed E-state index contributed by atoms with van der Waals surface area (Å²) in [6, 6.07) is 8.16. The first-order chi connectivity index (χ1) is 10.1. The van der Waals surface area contributed by atoms with E-state index in [1.807, 2.05) is 36.1 Å². The molecule has 21 heavy (non-hydrogen) atoms. The van der Waals surface area contributed by atoms with E-state index in [0.717, 1.165) is 17.7 Å². The number of fused-ring (bicyclic) bond motifs is 2. The number of hydrogen-bond donors (Lipinski definition) is 1. The topological polar surface area (TPSA) is 57.6 Å². The summed E-state index contributed by atoms with van der Waals surface area (Å²) in [6.45, 7) is 2.04. The Morgan fingerprint density at radius 1 is 1.29 bits per heavy atom. The van der Waals surface area contributed by atoms with Crippen molar-refractivity contribution in [3.8, 4) is 0 Å². The highest BCUT2D eigenvalue weighted by Gasteiger charge is 2.50. The summed E-state index contributed by atoms with van der Waals surface area (Å²) in [4.78, 5) is 26.6. The van der Waals surface area contributed by atoms with Crippen molar-refractivity contribution < 1.29 is 14.7 Å². The number of amides is 1. The normalized spacial score (nSPS) is 27.1. The van der Waals surface area contributed by atoms with Crippen LogP contribution in [0.4, 0.5) is 0 Å². The van der Waals surface area contributed by atoms with E-state index in [-0.39, 0.29) is 23.9 Å². The van der Waals surface area contributed by atoms with Crippen LogP contribution < -0.4 is 0 Å². The molecular formula is C16H19NO3S. The largest absolute Gasteiger partial charge is 0.481 e. The van der Waals surface area contributed by atoms with E-state index in [4.69, 9.17) is 0 Å². The monoisotopic (exact) mass is 305 g/mol. The minimum absolute atomic E-state index is 0.0804. The summed E-state index contributed by atoms with van der Waals surface area (Å²) >= 11 is 1.53. The lowest BCUT2D eigenvalue weighted by molar-refractivity contribution is -0.143. The van der Waals surface area contributed by atoms with Crippen LogP contribution in [0.2, 0.25) is 0 Å². The summed E-state index contributed by atoms with van der Waals surface area (Å²) in [6.07, 6.45) is 2.42.